The molecule has 0 spiro atoms. The number of carbonyl (C=O) groups is 1. The molecule has 5 aliphatic rings. The first-order valence-electron chi connectivity index (χ1n) is 15.3. The molecule has 8 nitrogen and oxygen atoms in total. The van der Waals surface area contributed by atoms with Crippen molar-refractivity contribution in [2.24, 2.45) is 57.7 Å². The quantitative estimate of drug-likeness (QED) is 0.306. The van der Waals surface area contributed by atoms with Crippen LogP contribution in [0.4, 0.5) is 0 Å². The maximum Gasteiger partial charge on any atom is 0.239 e. The van der Waals surface area contributed by atoms with E-state index < -0.39 is 0 Å². The third-order valence-electron chi connectivity index (χ3n) is 10.9. The topological polar surface area (TPSA) is 138 Å². The Balaban J connectivity index is 1.24. The van der Waals surface area contributed by atoms with Gasteiger partial charge in [0, 0.05) is 38.1 Å². The molecule has 8 heteroatoms. The van der Waals surface area contributed by atoms with Gasteiger partial charge < -0.3 is 22.1 Å². The fourth-order valence-electron chi connectivity index (χ4n) is 8.80. The zero-order valence-electron chi connectivity index (χ0n) is 22.8. The monoisotopic (exact) mass is 513 g/mol. The van der Waals surface area contributed by atoms with Gasteiger partial charge in [-0.15, -0.1) is 0 Å². The van der Waals surface area contributed by atoms with Gasteiger partial charge >= 0.3 is 0 Å². The number of nitrogens with two attached hydrogens (primary N) is 3. The second kappa shape index (κ2) is 11.9. The van der Waals surface area contributed by atoms with Crippen LogP contribution in [-0.4, -0.2) is 65.8 Å². The third-order valence-corrected chi connectivity index (χ3v) is 10.9. The standard InChI is InChI=1S/C29H51N7O/c30-27(31)24-8-7-23-16-26(28(37)35-13-10-19(11-14-35)9-12-34-29(32)33)36(25(23)17-24)18-20-5-6-21-3-1-2-4-22(21)15-20/h19-26H,1-18H2,(H3,30,31)(H4,32,33,34). The van der Waals surface area contributed by atoms with Crippen molar-refractivity contribution in [2.45, 2.75) is 102 Å². The third kappa shape index (κ3) is 6.26. The summed E-state index contributed by atoms with van der Waals surface area (Å²) in [6.07, 6.45) is 16.9. The molecule has 7 unspecified atom stereocenters. The molecule has 3 saturated carbocycles. The fourth-order valence-corrected chi connectivity index (χ4v) is 8.80. The second-order valence-corrected chi connectivity index (χ2v) is 13.1. The summed E-state index contributed by atoms with van der Waals surface area (Å²) in [5, 5.41) is 8.11. The molecule has 37 heavy (non-hydrogen) atoms. The van der Waals surface area contributed by atoms with Crippen molar-refractivity contribution in [3.8, 4) is 0 Å². The lowest BCUT2D eigenvalue weighted by atomic mass is 9.67. The molecule has 5 rings (SSSR count). The van der Waals surface area contributed by atoms with E-state index in [0.29, 0.717) is 42.1 Å². The number of piperidine rings is 1. The summed E-state index contributed by atoms with van der Waals surface area (Å²) in [5.74, 6) is 4.82. The minimum atomic E-state index is 0.0166. The molecule has 0 aromatic heterocycles. The number of hydrogen-bond donors (Lipinski definition) is 4. The largest absolute Gasteiger partial charge is 0.387 e. The van der Waals surface area contributed by atoms with Crippen LogP contribution in [0.5, 0.6) is 0 Å². The Kier molecular flexibility index (Phi) is 8.62. The predicted octanol–water partition coefficient (Wildman–Crippen LogP) is 3.29. The Morgan fingerprint density at radius 1 is 0.811 bits per heavy atom. The smallest absolute Gasteiger partial charge is 0.239 e. The van der Waals surface area contributed by atoms with Gasteiger partial charge in [-0.05, 0) is 93.8 Å². The van der Waals surface area contributed by atoms with Crippen LogP contribution in [0, 0.1) is 40.9 Å². The van der Waals surface area contributed by atoms with E-state index in [2.05, 4.69) is 14.8 Å². The lowest BCUT2D eigenvalue weighted by Crippen LogP contribution is -2.52. The minimum Gasteiger partial charge on any atom is -0.387 e. The molecule has 1 amide bonds. The molecule has 2 saturated heterocycles. The molecule has 5 fully saturated rings. The normalized spacial score (nSPS) is 37.0. The molecule has 0 radical (unpaired) electrons. The van der Waals surface area contributed by atoms with E-state index in [9.17, 15) is 4.79 Å². The molecule has 0 bridgehead atoms. The van der Waals surface area contributed by atoms with Crippen molar-refractivity contribution in [1.29, 1.82) is 5.41 Å². The Morgan fingerprint density at radius 2 is 1.54 bits per heavy atom. The molecule has 0 aromatic rings. The molecular formula is C29H51N7O. The molecular weight excluding hydrogens is 462 g/mol. The number of hydrogen-bond acceptors (Lipinski definition) is 4. The van der Waals surface area contributed by atoms with E-state index in [0.717, 1.165) is 76.4 Å². The van der Waals surface area contributed by atoms with Gasteiger partial charge in [-0.3, -0.25) is 20.1 Å². The average molecular weight is 514 g/mol. The number of carbonyl (C=O) groups excluding carboxylic acids is 1. The average Bonchev–Trinajstić information content (AvgIpc) is 3.26. The van der Waals surface area contributed by atoms with Gasteiger partial charge in [0.2, 0.25) is 5.91 Å². The van der Waals surface area contributed by atoms with E-state index in [1.165, 1.54) is 44.9 Å². The highest BCUT2D eigenvalue weighted by molar-refractivity contribution is 5.83. The van der Waals surface area contributed by atoms with Crippen LogP contribution < -0.4 is 17.2 Å². The molecule has 208 valence electrons. The Morgan fingerprint density at radius 3 is 2.27 bits per heavy atom. The number of fused-ring (bicyclic) bond motifs is 2. The molecule has 7 atom stereocenters. The van der Waals surface area contributed by atoms with Crippen LogP contribution in [0.15, 0.2) is 4.99 Å². The number of likely N-dealkylation sites (tertiary alicyclic amines) is 2. The van der Waals surface area contributed by atoms with Gasteiger partial charge in [0.15, 0.2) is 5.96 Å². The second-order valence-electron chi connectivity index (χ2n) is 13.1. The predicted molar refractivity (Wildman–Crippen MR) is 149 cm³/mol. The fraction of sp³-hybridized carbons (Fsp3) is 0.897. The van der Waals surface area contributed by atoms with Gasteiger partial charge in [0.05, 0.1) is 11.9 Å². The van der Waals surface area contributed by atoms with Crippen LogP contribution >= 0.6 is 0 Å². The molecule has 3 aliphatic carbocycles. The SMILES string of the molecule is N=C(N)C1CCC2CC(C(=O)N3CCC(CCN=C(N)N)CC3)N(CC3CCC4CCCCC4C3)C2C1. The number of amides is 1. The Bertz CT molecular complexity index is 834. The van der Waals surface area contributed by atoms with Crippen LogP contribution in [0.25, 0.3) is 0 Å². The number of amidine groups is 1. The van der Waals surface area contributed by atoms with Gasteiger partial charge in [-0.25, -0.2) is 0 Å². The number of rotatable bonds is 7. The first-order chi connectivity index (χ1) is 17.9. The first kappa shape index (κ1) is 26.8. The highest BCUT2D eigenvalue weighted by atomic mass is 16.2. The van der Waals surface area contributed by atoms with Gasteiger partial charge in [0.25, 0.3) is 0 Å². The molecule has 7 N–H and O–H groups in total. The highest BCUT2D eigenvalue weighted by Crippen LogP contribution is 2.46. The van der Waals surface area contributed by atoms with Crippen molar-refractivity contribution >= 4 is 17.7 Å². The summed E-state index contributed by atoms with van der Waals surface area (Å²) < 4.78 is 0. The van der Waals surface area contributed by atoms with E-state index in [4.69, 9.17) is 22.6 Å². The number of guanidine groups is 1. The summed E-state index contributed by atoms with van der Waals surface area (Å²) in [7, 11) is 0. The number of nitrogens with one attached hydrogen (secondary N) is 1. The van der Waals surface area contributed by atoms with Crippen molar-refractivity contribution in [3.63, 3.8) is 0 Å². The maximum absolute atomic E-state index is 14.0. The number of aliphatic imine (C=N–C) groups is 1. The summed E-state index contributed by atoms with van der Waals surface area (Å²) in [5.41, 5.74) is 17.0. The lowest BCUT2D eigenvalue weighted by molar-refractivity contribution is -0.138. The summed E-state index contributed by atoms with van der Waals surface area (Å²) >= 11 is 0. The molecule has 2 heterocycles. The van der Waals surface area contributed by atoms with E-state index in [-0.39, 0.29) is 17.9 Å². The zero-order chi connectivity index (χ0) is 25.9. The van der Waals surface area contributed by atoms with Crippen molar-refractivity contribution < 1.29 is 4.79 Å². The maximum atomic E-state index is 14.0. The van der Waals surface area contributed by atoms with Crippen LogP contribution in [0.1, 0.15) is 89.9 Å². The number of nitrogens with zero attached hydrogens (tertiary/aromatic N) is 3. The van der Waals surface area contributed by atoms with Crippen molar-refractivity contribution in [2.75, 3.05) is 26.2 Å². The van der Waals surface area contributed by atoms with Gasteiger partial charge in [-0.1, -0.05) is 25.7 Å². The van der Waals surface area contributed by atoms with Crippen LogP contribution in [-0.2, 0) is 4.79 Å². The van der Waals surface area contributed by atoms with Gasteiger partial charge in [0.1, 0.15) is 0 Å². The highest BCUT2D eigenvalue weighted by Gasteiger charge is 2.49. The van der Waals surface area contributed by atoms with E-state index in [1.807, 2.05) is 0 Å². The Hall–Kier alpha value is -1.83. The van der Waals surface area contributed by atoms with E-state index in [1.54, 1.807) is 0 Å². The van der Waals surface area contributed by atoms with Crippen molar-refractivity contribution in [1.82, 2.24) is 9.80 Å². The zero-order valence-corrected chi connectivity index (χ0v) is 22.8. The first-order valence-corrected chi connectivity index (χ1v) is 15.3. The van der Waals surface area contributed by atoms with Gasteiger partial charge in [-0.2, -0.15) is 0 Å². The Labute approximate surface area is 223 Å². The molecule has 0 aromatic carbocycles. The van der Waals surface area contributed by atoms with E-state index >= 15 is 0 Å². The summed E-state index contributed by atoms with van der Waals surface area (Å²) in [6.45, 7) is 3.46. The lowest BCUT2D eigenvalue weighted by Gasteiger charge is -2.44. The molecule has 2 aliphatic heterocycles. The summed E-state index contributed by atoms with van der Waals surface area (Å²) in [4.78, 5) is 23.0. The van der Waals surface area contributed by atoms with Crippen LogP contribution in [0.2, 0.25) is 0 Å². The minimum absolute atomic E-state index is 0.0166. The summed E-state index contributed by atoms with van der Waals surface area (Å²) in [6, 6.07) is 0.431. The van der Waals surface area contributed by atoms with Crippen molar-refractivity contribution in [3.05, 3.63) is 0 Å². The van der Waals surface area contributed by atoms with Crippen LogP contribution in [0.3, 0.4) is 0 Å².